The number of imidazole rings is 1. The van der Waals surface area contributed by atoms with Gasteiger partial charge in [-0.2, -0.15) is 0 Å². The smallest absolute Gasteiger partial charge is 0.164 e. The number of hydrogen-bond donors (Lipinski definition) is 0. The van der Waals surface area contributed by atoms with Crippen molar-refractivity contribution in [1.82, 2.24) is 24.5 Å². The molecule has 10 aromatic carbocycles. The van der Waals surface area contributed by atoms with Gasteiger partial charge in [-0.15, -0.1) is 0 Å². The molecule has 2 aliphatic carbocycles. The van der Waals surface area contributed by atoms with Gasteiger partial charge in [0.25, 0.3) is 0 Å². The van der Waals surface area contributed by atoms with E-state index < -0.39 is 5.41 Å². The van der Waals surface area contributed by atoms with Gasteiger partial charge in [0.15, 0.2) is 17.5 Å². The molecule has 2 aromatic heterocycles. The van der Waals surface area contributed by atoms with Gasteiger partial charge in [-0.3, -0.25) is 4.57 Å². The number of fused-ring (bicyclic) bond motifs is 11. The fraction of sp³-hybridized carbons (Fsp3) is 0.0448. The normalized spacial score (nSPS) is 14.0. The van der Waals surface area contributed by atoms with E-state index in [1.165, 1.54) is 44.5 Å². The molecule has 5 heteroatoms. The monoisotopic (exact) mass is 919 g/mol. The van der Waals surface area contributed by atoms with Crippen molar-refractivity contribution < 1.29 is 0 Å². The van der Waals surface area contributed by atoms with Crippen LogP contribution < -0.4 is 0 Å². The van der Waals surface area contributed by atoms with E-state index in [-0.39, 0.29) is 0 Å². The topological polar surface area (TPSA) is 56.5 Å². The molecule has 72 heavy (non-hydrogen) atoms. The van der Waals surface area contributed by atoms with Crippen LogP contribution in [0.5, 0.6) is 0 Å². The van der Waals surface area contributed by atoms with Gasteiger partial charge < -0.3 is 0 Å². The second-order valence-corrected chi connectivity index (χ2v) is 18.8. The summed E-state index contributed by atoms with van der Waals surface area (Å²) in [6.07, 6.45) is 0.829. The molecule has 0 radical (unpaired) electrons. The molecule has 0 bridgehead atoms. The van der Waals surface area contributed by atoms with Gasteiger partial charge in [0.1, 0.15) is 5.82 Å². The zero-order valence-corrected chi connectivity index (χ0v) is 39.5. The van der Waals surface area contributed by atoms with Gasteiger partial charge in [-0.05, 0) is 126 Å². The number of nitrogens with zero attached hydrogens (tertiary/aromatic N) is 5. The van der Waals surface area contributed by atoms with Crippen LogP contribution in [0.1, 0.15) is 35.0 Å². The average Bonchev–Trinajstić information content (AvgIpc) is 4.09. The predicted octanol–water partition coefficient (Wildman–Crippen LogP) is 16.1. The molecule has 0 fully saturated rings. The highest BCUT2D eigenvalue weighted by molar-refractivity contribution is 5.97. The Balaban J connectivity index is 0.961. The summed E-state index contributed by atoms with van der Waals surface area (Å²) in [5, 5.41) is 0. The minimum absolute atomic E-state index is 0.607. The number of hydrogen-bond acceptors (Lipinski definition) is 4. The molecule has 0 N–H and O–H groups in total. The van der Waals surface area contributed by atoms with Crippen LogP contribution in [0.3, 0.4) is 0 Å². The van der Waals surface area contributed by atoms with Crippen LogP contribution in [0, 0.1) is 0 Å². The summed E-state index contributed by atoms with van der Waals surface area (Å²) in [4.78, 5) is 21.0. The zero-order chi connectivity index (χ0) is 47.8. The van der Waals surface area contributed by atoms with E-state index in [9.17, 15) is 0 Å². The lowest BCUT2D eigenvalue weighted by Crippen LogP contribution is -2.26. The fourth-order valence-corrected chi connectivity index (χ4v) is 11.6. The Kier molecular flexibility index (Phi) is 9.65. The van der Waals surface area contributed by atoms with Gasteiger partial charge in [0.05, 0.1) is 16.4 Å². The van der Waals surface area contributed by atoms with Crippen molar-refractivity contribution in [3.63, 3.8) is 0 Å². The summed E-state index contributed by atoms with van der Waals surface area (Å²) in [6, 6.07) is 87.3. The highest BCUT2D eigenvalue weighted by Gasteiger charge is 2.52. The van der Waals surface area contributed by atoms with E-state index in [4.69, 9.17) is 19.9 Å². The molecule has 338 valence electrons. The summed E-state index contributed by atoms with van der Waals surface area (Å²) in [6.45, 7) is 2.18. The van der Waals surface area contributed by atoms with E-state index in [2.05, 4.69) is 242 Å². The molecular formula is C67H45N5. The molecule has 1 unspecified atom stereocenters. The van der Waals surface area contributed by atoms with Crippen LogP contribution in [0.25, 0.3) is 107 Å². The van der Waals surface area contributed by atoms with E-state index >= 15 is 0 Å². The molecule has 1 atom stereocenters. The van der Waals surface area contributed by atoms with E-state index in [1.807, 2.05) is 12.1 Å². The first-order valence-electron chi connectivity index (χ1n) is 24.8. The number of aryl methyl sites for hydroxylation is 1. The van der Waals surface area contributed by atoms with Crippen LogP contribution >= 0.6 is 0 Å². The summed E-state index contributed by atoms with van der Waals surface area (Å²) < 4.78 is 2.31. The van der Waals surface area contributed by atoms with Crippen LogP contribution in [-0.4, -0.2) is 24.5 Å². The van der Waals surface area contributed by atoms with Gasteiger partial charge in [-0.25, -0.2) is 19.9 Å². The second kappa shape index (κ2) is 16.7. The van der Waals surface area contributed by atoms with Crippen molar-refractivity contribution in [1.29, 1.82) is 0 Å². The Hall–Kier alpha value is -9.32. The Labute approximate surface area is 418 Å². The Morgan fingerprint density at radius 2 is 0.736 bits per heavy atom. The van der Waals surface area contributed by atoms with Crippen LogP contribution in [0.15, 0.2) is 243 Å². The predicted molar refractivity (Wildman–Crippen MR) is 293 cm³/mol. The lowest BCUT2D eigenvalue weighted by atomic mass is 9.70. The quantitative estimate of drug-likeness (QED) is 0.152. The highest BCUT2D eigenvalue weighted by Crippen LogP contribution is 2.63. The summed E-state index contributed by atoms with van der Waals surface area (Å²) in [5.74, 6) is 2.91. The summed E-state index contributed by atoms with van der Waals surface area (Å²) in [5.41, 5.74) is 22.2. The average molecular weight is 920 g/mol. The third-order valence-electron chi connectivity index (χ3n) is 14.8. The number of aromatic nitrogens is 5. The Morgan fingerprint density at radius 3 is 1.32 bits per heavy atom. The van der Waals surface area contributed by atoms with Crippen molar-refractivity contribution in [2.45, 2.75) is 18.8 Å². The lowest BCUT2D eigenvalue weighted by Gasteiger charge is -2.31. The standard InChI is InChI=1S/C67H45N5/c1-2-63-68-61-32-13-14-33-62(61)72(63)52-27-17-24-47(40-52)48-34-36-55-53-28-9-11-30-57(53)67(59(55)41-48)58-31-12-10-29-54(58)56-37-35-51(42-60(56)67)66-70-64(49-25-15-22-45(38-49)43-18-5-3-6-19-43)69-65(71-66)50-26-16-23-46(39-50)44-20-7-4-8-21-44/h3-42H,2H2,1H3. The van der Waals surface area contributed by atoms with Gasteiger partial charge in [-0.1, -0.05) is 201 Å². The molecular weight excluding hydrogens is 875 g/mol. The highest BCUT2D eigenvalue weighted by atomic mass is 15.1. The molecule has 0 aliphatic heterocycles. The molecule has 2 aliphatic rings. The van der Waals surface area contributed by atoms with Crippen LogP contribution in [0.4, 0.5) is 0 Å². The molecule has 5 nitrogen and oxygen atoms in total. The van der Waals surface area contributed by atoms with E-state index in [0.29, 0.717) is 17.5 Å². The Bertz CT molecular complexity index is 3980. The lowest BCUT2D eigenvalue weighted by molar-refractivity contribution is 0.794. The molecule has 0 saturated carbocycles. The maximum absolute atomic E-state index is 5.38. The summed E-state index contributed by atoms with van der Waals surface area (Å²) in [7, 11) is 0. The van der Waals surface area contributed by atoms with Crippen LogP contribution in [0.2, 0.25) is 0 Å². The van der Waals surface area contributed by atoms with Gasteiger partial charge in [0.2, 0.25) is 0 Å². The minimum atomic E-state index is -0.607. The number of rotatable bonds is 8. The van der Waals surface area contributed by atoms with Crippen molar-refractivity contribution >= 4 is 11.0 Å². The van der Waals surface area contributed by atoms with E-state index in [0.717, 1.165) is 79.0 Å². The summed E-state index contributed by atoms with van der Waals surface area (Å²) >= 11 is 0. The Morgan fingerprint density at radius 1 is 0.319 bits per heavy atom. The van der Waals surface area contributed by atoms with Gasteiger partial charge in [0, 0.05) is 28.8 Å². The largest absolute Gasteiger partial charge is 0.296 e. The van der Waals surface area contributed by atoms with Crippen molar-refractivity contribution in [3.8, 4) is 95.5 Å². The fourth-order valence-electron chi connectivity index (χ4n) is 11.6. The molecule has 0 amide bonds. The third kappa shape index (κ3) is 6.55. The SMILES string of the molecule is CCc1nc2ccccc2n1-c1cccc(-c2ccc3c(c2)C2(c4ccccc4-3)c3ccccc3-c3ccc(-c4nc(-c5cccc(-c6ccccc6)c5)nc(-c5cccc(-c6ccccc6)c5)n4)cc32)c1. The van der Waals surface area contributed by atoms with E-state index in [1.54, 1.807) is 0 Å². The first-order valence-corrected chi connectivity index (χ1v) is 24.8. The first kappa shape index (κ1) is 41.6. The third-order valence-corrected chi connectivity index (χ3v) is 14.8. The number of para-hydroxylation sites is 2. The molecule has 12 aromatic rings. The maximum Gasteiger partial charge on any atom is 0.164 e. The second-order valence-electron chi connectivity index (χ2n) is 18.8. The maximum atomic E-state index is 5.38. The molecule has 1 spiro atoms. The zero-order valence-electron chi connectivity index (χ0n) is 39.5. The van der Waals surface area contributed by atoms with Crippen LogP contribution in [-0.2, 0) is 11.8 Å². The van der Waals surface area contributed by atoms with Crippen molar-refractivity contribution in [2.75, 3.05) is 0 Å². The van der Waals surface area contributed by atoms with Crippen molar-refractivity contribution in [3.05, 3.63) is 271 Å². The molecule has 2 heterocycles. The van der Waals surface area contributed by atoms with Crippen molar-refractivity contribution in [2.24, 2.45) is 0 Å². The molecule has 0 saturated heterocycles. The molecule has 14 rings (SSSR count). The van der Waals surface area contributed by atoms with Gasteiger partial charge >= 0.3 is 0 Å². The number of benzene rings is 10. The minimum Gasteiger partial charge on any atom is -0.296 e. The first-order chi connectivity index (χ1) is 35.6.